The van der Waals surface area contributed by atoms with Crippen molar-refractivity contribution in [2.24, 2.45) is 5.73 Å². The molecule has 11 heavy (non-hydrogen) atoms. The molecule has 1 heterocycles. The molecule has 0 aromatic rings. The number of piperidine rings is 1. The smallest absolute Gasteiger partial charge is 0.0819 e. The first-order valence-electron chi connectivity index (χ1n) is 4.21. The van der Waals surface area contributed by atoms with E-state index >= 15 is 0 Å². The van der Waals surface area contributed by atoms with E-state index in [2.05, 4.69) is 11.9 Å². The van der Waals surface area contributed by atoms with Crippen molar-refractivity contribution in [3.05, 3.63) is 0 Å². The molecule has 0 aromatic carbocycles. The van der Waals surface area contributed by atoms with Crippen LogP contribution in [-0.4, -0.2) is 41.8 Å². The molecule has 0 saturated carbocycles. The average Bonchev–Trinajstić information content (AvgIpc) is 1.95. The van der Waals surface area contributed by atoms with Gasteiger partial charge in [0.2, 0.25) is 0 Å². The van der Waals surface area contributed by atoms with Crippen molar-refractivity contribution in [1.82, 2.24) is 4.90 Å². The summed E-state index contributed by atoms with van der Waals surface area (Å²) in [7, 11) is 2.07. The highest BCUT2D eigenvalue weighted by atomic mass is 16.3. The van der Waals surface area contributed by atoms with Crippen molar-refractivity contribution in [3.63, 3.8) is 0 Å². The van der Waals surface area contributed by atoms with E-state index in [-0.39, 0.29) is 6.04 Å². The molecule has 3 N–H and O–H groups in total. The molecule has 0 aromatic heterocycles. The molecule has 0 spiro atoms. The fraction of sp³-hybridized carbons (Fsp3) is 1.00. The summed E-state index contributed by atoms with van der Waals surface area (Å²) in [5, 5.41) is 9.91. The lowest BCUT2D eigenvalue weighted by Gasteiger charge is -2.39. The van der Waals surface area contributed by atoms with Crippen LogP contribution in [0.3, 0.4) is 0 Å². The van der Waals surface area contributed by atoms with E-state index in [0.29, 0.717) is 0 Å². The maximum Gasteiger partial charge on any atom is 0.0819 e. The van der Waals surface area contributed by atoms with Crippen LogP contribution in [0.5, 0.6) is 0 Å². The van der Waals surface area contributed by atoms with Crippen molar-refractivity contribution < 1.29 is 5.11 Å². The van der Waals surface area contributed by atoms with Crippen molar-refractivity contribution in [2.45, 2.75) is 31.4 Å². The minimum atomic E-state index is -0.605. The van der Waals surface area contributed by atoms with E-state index in [1.165, 1.54) is 0 Å². The molecule has 1 rings (SSSR count). The van der Waals surface area contributed by atoms with Crippen LogP contribution >= 0.6 is 0 Å². The average molecular weight is 158 g/mol. The fourth-order valence-corrected chi connectivity index (χ4v) is 1.46. The Morgan fingerprint density at radius 2 is 1.91 bits per heavy atom. The number of hydrogen-bond donors (Lipinski definition) is 2. The number of hydrogen-bond acceptors (Lipinski definition) is 3. The SMILES string of the molecule is CC(N)C1(O)CCN(C)CC1. The van der Waals surface area contributed by atoms with Crippen molar-refractivity contribution >= 4 is 0 Å². The predicted octanol–water partition coefficient (Wildman–Crippen LogP) is -0.210. The van der Waals surface area contributed by atoms with E-state index in [1.54, 1.807) is 0 Å². The highest BCUT2D eigenvalue weighted by Gasteiger charge is 2.34. The van der Waals surface area contributed by atoms with Crippen molar-refractivity contribution in [1.29, 1.82) is 0 Å². The highest BCUT2D eigenvalue weighted by molar-refractivity contribution is 4.91. The summed E-state index contributed by atoms with van der Waals surface area (Å²) in [4.78, 5) is 2.22. The van der Waals surface area contributed by atoms with Crippen LogP contribution < -0.4 is 5.73 Å². The molecule has 1 atom stereocenters. The van der Waals surface area contributed by atoms with Gasteiger partial charge in [-0.2, -0.15) is 0 Å². The Morgan fingerprint density at radius 1 is 1.45 bits per heavy atom. The van der Waals surface area contributed by atoms with Crippen LogP contribution in [0.4, 0.5) is 0 Å². The van der Waals surface area contributed by atoms with E-state index in [9.17, 15) is 5.11 Å². The van der Waals surface area contributed by atoms with E-state index in [1.807, 2.05) is 6.92 Å². The summed E-state index contributed by atoms with van der Waals surface area (Å²) >= 11 is 0. The molecule has 3 heteroatoms. The zero-order chi connectivity index (χ0) is 8.48. The maximum atomic E-state index is 9.91. The molecule has 0 aliphatic carbocycles. The van der Waals surface area contributed by atoms with E-state index < -0.39 is 5.60 Å². The molecule has 1 saturated heterocycles. The Labute approximate surface area is 68.2 Å². The van der Waals surface area contributed by atoms with Crippen LogP contribution in [0, 0.1) is 0 Å². The van der Waals surface area contributed by atoms with Gasteiger partial charge in [-0.1, -0.05) is 0 Å². The Bertz CT molecular complexity index is 128. The second-order valence-corrected chi connectivity index (χ2v) is 3.70. The number of nitrogens with zero attached hydrogens (tertiary/aromatic N) is 1. The Balaban J connectivity index is 2.48. The second-order valence-electron chi connectivity index (χ2n) is 3.70. The fourth-order valence-electron chi connectivity index (χ4n) is 1.46. The summed E-state index contributed by atoms with van der Waals surface area (Å²) < 4.78 is 0. The first kappa shape index (κ1) is 8.97. The molecular formula is C8H18N2O. The quantitative estimate of drug-likeness (QED) is 0.555. The second kappa shape index (κ2) is 3.09. The number of nitrogens with two attached hydrogens (primary N) is 1. The third-order valence-corrected chi connectivity index (χ3v) is 2.70. The van der Waals surface area contributed by atoms with Crippen LogP contribution in [0.1, 0.15) is 19.8 Å². The van der Waals surface area contributed by atoms with Crippen molar-refractivity contribution in [3.8, 4) is 0 Å². The van der Waals surface area contributed by atoms with Gasteiger partial charge in [0.15, 0.2) is 0 Å². The molecule has 0 amide bonds. The lowest BCUT2D eigenvalue weighted by atomic mass is 9.86. The standard InChI is InChI=1S/C8H18N2O/c1-7(9)8(11)3-5-10(2)6-4-8/h7,11H,3-6,9H2,1-2H3. The van der Waals surface area contributed by atoms with Gasteiger partial charge in [-0.15, -0.1) is 0 Å². The van der Waals surface area contributed by atoms with Gasteiger partial charge in [0.1, 0.15) is 0 Å². The lowest BCUT2D eigenvalue weighted by Crippen LogP contribution is -2.52. The molecule has 3 nitrogen and oxygen atoms in total. The van der Waals surface area contributed by atoms with Gasteiger partial charge in [-0.25, -0.2) is 0 Å². The minimum absolute atomic E-state index is 0.101. The molecule has 0 radical (unpaired) electrons. The molecule has 1 fully saturated rings. The normalized spacial score (nSPS) is 28.4. The van der Waals surface area contributed by atoms with Crippen LogP contribution in [-0.2, 0) is 0 Å². The third kappa shape index (κ3) is 1.92. The molecule has 66 valence electrons. The number of likely N-dealkylation sites (tertiary alicyclic amines) is 1. The molecule has 1 aliphatic rings. The topological polar surface area (TPSA) is 49.5 Å². The van der Waals surface area contributed by atoms with E-state index in [4.69, 9.17) is 5.73 Å². The number of rotatable bonds is 1. The predicted molar refractivity (Wildman–Crippen MR) is 45.3 cm³/mol. The van der Waals surface area contributed by atoms with Gasteiger partial charge >= 0.3 is 0 Å². The van der Waals surface area contributed by atoms with Crippen molar-refractivity contribution in [2.75, 3.05) is 20.1 Å². The largest absolute Gasteiger partial charge is 0.388 e. The highest BCUT2D eigenvalue weighted by Crippen LogP contribution is 2.23. The van der Waals surface area contributed by atoms with Gasteiger partial charge in [0.05, 0.1) is 5.60 Å². The van der Waals surface area contributed by atoms with Crippen LogP contribution in [0.25, 0.3) is 0 Å². The Hall–Kier alpha value is -0.120. The van der Waals surface area contributed by atoms with Gasteiger partial charge in [-0.3, -0.25) is 0 Å². The van der Waals surface area contributed by atoms with Crippen LogP contribution in [0.15, 0.2) is 0 Å². The summed E-state index contributed by atoms with van der Waals surface area (Å²) in [5.74, 6) is 0. The molecule has 0 bridgehead atoms. The summed E-state index contributed by atoms with van der Waals surface area (Å²) in [6.07, 6.45) is 1.61. The monoisotopic (exact) mass is 158 g/mol. The number of aliphatic hydroxyl groups is 1. The summed E-state index contributed by atoms with van der Waals surface area (Å²) in [6, 6.07) is -0.101. The Kier molecular flexibility index (Phi) is 2.52. The zero-order valence-corrected chi connectivity index (χ0v) is 7.38. The first-order valence-corrected chi connectivity index (χ1v) is 4.21. The van der Waals surface area contributed by atoms with E-state index in [0.717, 1.165) is 25.9 Å². The zero-order valence-electron chi connectivity index (χ0n) is 7.38. The van der Waals surface area contributed by atoms with Gasteiger partial charge in [-0.05, 0) is 26.8 Å². The minimum Gasteiger partial charge on any atom is -0.388 e. The first-order chi connectivity index (χ1) is 5.04. The van der Waals surface area contributed by atoms with Gasteiger partial charge in [0.25, 0.3) is 0 Å². The molecular weight excluding hydrogens is 140 g/mol. The lowest BCUT2D eigenvalue weighted by molar-refractivity contribution is -0.0317. The van der Waals surface area contributed by atoms with Gasteiger partial charge < -0.3 is 15.7 Å². The Morgan fingerprint density at radius 3 is 2.27 bits per heavy atom. The van der Waals surface area contributed by atoms with Gasteiger partial charge in [0, 0.05) is 19.1 Å². The van der Waals surface area contributed by atoms with Crippen LogP contribution in [0.2, 0.25) is 0 Å². The molecule has 1 aliphatic heterocycles. The third-order valence-electron chi connectivity index (χ3n) is 2.70. The summed E-state index contributed by atoms with van der Waals surface area (Å²) in [6.45, 7) is 3.79. The maximum absolute atomic E-state index is 9.91. The molecule has 1 unspecified atom stereocenters. The summed E-state index contributed by atoms with van der Waals surface area (Å²) in [5.41, 5.74) is 5.07.